The van der Waals surface area contributed by atoms with Gasteiger partial charge in [0, 0.05) is 75.2 Å². The molecule has 11 aromatic rings. The molecule has 0 fully saturated rings. The third kappa shape index (κ3) is 7.05. The Balaban J connectivity index is 1.04. The first kappa shape index (κ1) is 37.5. The standard InChI is InChI=1S/C58H40N2S2/c1-7-19-41(20-8-1)55-51-39-54-52(40-53(51)61-57(55)43-31-35-49(36-32-43)59(45-23-11-3-12-24-45)46-25-13-4-14-26-46)56(42-21-9-2-10-22-42)58(62-54)44-33-37-50(38-34-44)60(47-27-15-5-16-28-47)48-29-17-6-18-30-48/h1-40H. The van der Waals surface area contributed by atoms with Crippen molar-refractivity contribution in [3.05, 3.63) is 243 Å². The number of para-hydroxylation sites is 4. The normalized spacial score (nSPS) is 11.2. The Morgan fingerprint density at radius 1 is 0.242 bits per heavy atom. The molecule has 4 heteroatoms. The summed E-state index contributed by atoms with van der Waals surface area (Å²) in [6.45, 7) is 0. The highest BCUT2D eigenvalue weighted by molar-refractivity contribution is 7.24. The number of rotatable bonds is 10. The van der Waals surface area contributed by atoms with Gasteiger partial charge in [0.2, 0.25) is 0 Å². The molecule has 0 saturated carbocycles. The lowest BCUT2D eigenvalue weighted by atomic mass is 9.96. The second kappa shape index (κ2) is 16.5. The number of hydrogen-bond donors (Lipinski definition) is 0. The summed E-state index contributed by atoms with van der Waals surface area (Å²) < 4.78 is 2.56. The van der Waals surface area contributed by atoms with Crippen LogP contribution in [0.4, 0.5) is 34.1 Å². The summed E-state index contributed by atoms with van der Waals surface area (Å²) >= 11 is 3.78. The summed E-state index contributed by atoms with van der Waals surface area (Å²) in [5, 5.41) is 2.57. The molecule has 11 rings (SSSR count). The zero-order valence-electron chi connectivity index (χ0n) is 33.8. The summed E-state index contributed by atoms with van der Waals surface area (Å²) in [7, 11) is 0. The van der Waals surface area contributed by atoms with E-state index in [1.165, 1.54) is 63.3 Å². The zero-order chi connectivity index (χ0) is 41.2. The Hall–Kier alpha value is -7.50. The van der Waals surface area contributed by atoms with E-state index >= 15 is 0 Å². The summed E-state index contributed by atoms with van der Waals surface area (Å²) in [6.07, 6.45) is 0. The van der Waals surface area contributed by atoms with Crippen LogP contribution in [0.5, 0.6) is 0 Å². The second-order valence-electron chi connectivity index (χ2n) is 15.3. The van der Waals surface area contributed by atoms with Crippen molar-refractivity contribution in [3.8, 4) is 43.1 Å². The predicted octanol–water partition coefficient (Wildman–Crippen LogP) is 17.7. The first-order chi connectivity index (χ1) is 30.8. The fourth-order valence-electron chi connectivity index (χ4n) is 8.60. The van der Waals surface area contributed by atoms with E-state index in [9.17, 15) is 0 Å². The number of anilines is 6. The van der Waals surface area contributed by atoms with Gasteiger partial charge in [-0.3, -0.25) is 0 Å². The summed E-state index contributed by atoms with van der Waals surface area (Å²) in [5.41, 5.74) is 14.2. The maximum atomic E-state index is 2.45. The molecule has 2 aromatic heterocycles. The van der Waals surface area contributed by atoms with Crippen LogP contribution in [-0.4, -0.2) is 0 Å². The van der Waals surface area contributed by atoms with Crippen molar-refractivity contribution in [1.82, 2.24) is 0 Å². The smallest absolute Gasteiger partial charge is 0.0462 e. The van der Waals surface area contributed by atoms with Gasteiger partial charge in [-0.25, -0.2) is 0 Å². The topological polar surface area (TPSA) is 6.48 Å². The van der Waals surface area contributed by atoms with Crippen molar-refractivity contribution >= 4 is 77.0 Å². The van der Waals surface area contributed by atoms with E-state index < -0.39 is 0 Å². The fourth-order valence-corrected chi connectivity index (χ4v) is 11.1. The lowest BCUT2D eigenvalue weighted by molar-refractivity contribution is 1.28. The quantitative estimate of drug-likeness (QED) is 0.135. The van der Waals surface area contributed by atoms with E-state index in [1.807, 2.05) is 22.7 Å². The molecule has 0 radical (unpaired) electrons. The zero-order valence-corrected chi connectivity index (χ0v) is 35.4. The average Bonchev–Trinajstić information content (AvgIpc) is 3.91. The van der Waals surface area contributed by atoms with Crippen LogP contribution in [0.3, 0.4) is 0 Å². The maximum absolute atomic E-state index is 2.45. The molecule has 0 N–H and O–H groups in total. The van der Waals surface area contributed by atoms with Crippen LogP contribution in [-0.2, 0) is 0 Å². The third-order valence-corrected chi connectivity index (χ3v) is 13.9. The summed E-state index contributed by atoms with van der Waals surface area (Å²) in [5.74, 6) is 0. The third-order valence-electron chi connectivity index (χ3n) is 11.5. The summed E-state index contributed by atoms with van der Waals surface area (Å²) in [6, 6.07) is 87.4. The highest BCUT2D eigenvalue weighted by atomic mass is 32.1. The van der Waals surface area contributed by atoms with Crippen LogP contribution in [0.25, 0.3) is 63.3 Å². The molecule has 0 amide bonds. The highest BCUT2D eigenvalue weighted by Gasteiger charge is 2.22. The number of fused-ring (bicyclic) bond motifs is 2. The SMILES string of the molecule is c1ccc(-c2c(-c3ccc(N(c4ccccc4)c4ccccc4)cc3)sc3cc4c(-c5ccccc5)c(-c5ccc(N(c6ccccc6)c6ccccc6)cc5)sc4cc23)cc1. The first-order valence-corrected chi connectivity index (χ1v) is 22.6. The number of nitrogens with zero attached hydrogens (tertiary/aromatic N) is 2. The Kier molecular flexibility index (Phi) is 9.99. The van der Waals surface area contributed by atoms with E-state index in [-0.39, 0.29) is 0 Å². The number of hydrogen-bond acceptors (Lipinski definition) is 4. The van der Waals surface area contributed by atoms with Crippen molar-refractivity contribution in [1.29, 1.82) is 0 Å². The highest BCUT2D eigenvalue weighted by Crippen LogP contribution is 2.51. The lowest BCUT2D eigenvalue weighted by Gasteiger charge is -2.25. The van der Waals surface area contributed by atoms with E-state index in [0.717, 1.165) is 34.1 Å². The molecule has 2 nitrogen and oxygen atoms in total. The molecule has 0 atom stereocenters. The molecule has 0 saturated heterocycles. The molecule has 9 aromatic carbocycles. The first-order valence-electron chi connectivity index (χ1n) is 20.9. The molecule has 0 bridgehead atoms. The van der Waals surface area contributed by atoms with Gasteiger partial charge in [-0.2, -0.15) is 0 Å². The van der Waals surface area contributed by atoms with Crippen LogP contribution in [0.1, 0.15) is 0 Å². The fraction of sp³-hybridized carbons (Fsp3) is 0. The molecular weight excluding hydrogens is 789 g/mol. The lowest BCUT2D eigenvalue weighted by Crippen LogP contribution is -2.09. The molecule has 62 heavy (non-hydrogen) atoms. The Labute approximate surface area is 370 Å². The van der Waals surface area contributed by atoms with E-state index in [4.69, 9.17) is 0 Å². The van der Waals surface area contributed by atoms with E-state index in [1.54, 1.807) is 0 Å². The van der Waals surface area contributed by atoms with Gasteiger partial charge in [0.1, 0.15) is 0 Å². The van der Waals surface area contributed by atoms with Gasteiger partial charge in [-0.05, 0) is 107 Å². The second-order valence-corrected chi connectivity index (χ2v) is 17.4. The van der Waals surface area contributed by atoms with E-state index in [0.29, 0.717) is 0 Å². The molecule has 0 unspecified atom stereocenters. The van der Waals surface area contributed by atoms with Crippen molar-refractivity contribution in [2.24, 2.45) is 0 Å². The van der Waals surface area contributed by atoms with Gasteiger partial charge >= 0.3 is 0 Å². The van der Waals surface area contributed by atoms with Crippen LogP contribution in [0.2, 0.25) is 0 Å². The van der Waals surface area contributed by atoms with Gasteiger partial charge in [0.25, 0.3) is 0 Å². The van der Waals surface area contributed by atoms with Gasteiger partial charge in [-0.1, -0.05) is 158 Å². The molecule has 294 valence electrons. The van der Waals surface area contributed by atoms with Crippen molar-refractivity contribution in [2.45, 2.75) is 0 Å². The number of benzene rings is 9. The monoisotopic (exact) mass is 828 g/mol. The largest absolute Gasteiger partial charge is 0.311 e. The molecule has 0 aliphatic carbocycles. The van der Waals surface area contributed by atoms with Gasteiger partial charge in [0.05, 0.1) is 0 Å². The minimum atomic E-state index is 1.12. The van der Waals surface area contributed by atoms with Gasteiger partial charge in [0.15, 0.2) is 0 Å². The van der Waals surface area contributed by atoms with Gasteiger partial charge in [-0.15, -0.1) is 22.7 Å². The Morgan fingerprint density at radius 3 is 0.790 bits per heavy atom. The van der Waals surface area contributed by atoms with Crippen LogP contribution in [0, 0.1) is 0 Å². The van der Waals surface area contributed by atoms with E-state index in [2.05, 4.69) is 252 Å². The van der Waals surface area contributed by atoms with Crippen LogP contribution >= 0.6 is 22.7 Å². The minimum Gasteiger partial charge on any atom is -0.311 e. The molecule has 0 aliphatic rings. The van der Waals surface area contributed by atoms with Gasteiger partial charge < -0.3 is 9.80 Å². The Morgan fingerprint density at radius 2 is 0.500 bits per heavy atom. The molecular formula is C58H40N2S2. The van der Waals surface area contributed by atoms with Crippen molar-refractivity contribution < 1.29 is 0 Å². The maximum Gasteiger partial charge on any atom is 0.0462 e. The number of thiophene rings is 2. The van der Waals surface area contributed by atoms with Crippen LogP contribution in [0.15, 0.2) is 243 Å². The van der Waals surface area contributed by atoms with Crippen molar-refractivity contribution in [2.75, 3.05) is 9.80 Å². The predicted molar refractivity (Wildman–Crippen MR) is 268 cm³/mol. The molecule has 0 spiro atoms. The molecule has 0 aliphatic heterocycles. The molecule has 2 heterocycles. The van der Waals surface area contributed by atoms with Crippen LogP contribution < -0.4 is 9.80 Å². The minimum absolute atomic E-state index is 1.12. The van der Waals surface area contributed by atoms with Crippen molar-refractivity contribution in [3.63, 3.8) is 0 Å². The summed E-state index contributed by atoms with van der Waals surface area (Å²) in [4.78, 5) is 7.19. The Bertz CT molecular complexity index is 2930. The average molecular weight is 829 g/mol.